The number of rotatable bonds is 4. The van der Waals surface area contributed by atoms with E-state index in [1.807, 2.05) is 0 Å². The smallest absolute Gasteiger partial charge is 0.181 e. The van der Waals surface area contributed by atoms with Crippen LogP contribution in [0.4, 0.5) is 4.39 Å². The largest absolute Gasteiger partial charge is 0.496 e. The summed E-state index contributed by atoms with van der Waals surface area (Å²) in [6.45, 7) is 0. The van der Waals surface area contributed by atoms with Gasteiger partial charge in [0, 0.05) is 6.07 Å². The van der Waals surface area contributed by atoms with E-state index in [0.717, 1.165) is 23.6 Å². The first kappa shape index (κ1) is 11.3. The summed E-state index contributed by atoms with van der Waals surface area (Å²) >= 11 is 0. The molecule has 4 heteroatoms. The molecule has 0 unspecified atom stereocenters. The molecular formula is C14H14FNO2. The van der Waals surface area contributed by atoms with Crippen LogP contribution < -0.4 is 4.74 Å². The molecule has 0 bridgehead atoms. The summed E-state index contributed by atoms with van der Waals surface area (Å²) in [4.78, 5) is 4.25. The van der Waals surface area contributed by atoms with Gasteiger partial charge < -0.3 is 9.15 Å². The molecule has 1 fully saturated rings. The van der Waals surface area contributed by atoms with E-state index in [4.69, 9.17) is 9.15 Å². The van der Waals surface area contributed by atoms with E-state index >= 15 is 0 Å². The van der Waals surface area contributed by atoms with Crippen molar-refractivity contribution < 1.29 is 13.5 Å². The highest BCUT2D eigenvalue weighted by Gasteiger charge is 2.25. The van der Waals surface area contributed by atoms with Gasteiger partial charge in [0.25, 0.3) is 0 Å². The molecule has 94 valence electrons. The van der Waals surface area contributed by atoms with Crippen LogP contribution in [-0.4, -0.2) is 12.1 Å². The Balaban J connectivity index is 2.00. The van der Waals surface area contributed by atoms with Crippen molar-refractivity contribution in [2.45, 2.75) is 19.3 Å². The Hall–Kier alpha value is -1.84. The maximum absolute atomic E-state index is 13.2. The number of aromatic nitrogens is 1. The summed E-state index contributed by atoms with van der Waals surface area (Å²) < 4.78 is 23.8. The van der Waals surface area contributed by atoms with Gasteiger partial charge in [0.1, 0.15) is 11.6 Å². The Morgan fingerprint density at radius 2 is 2.28 bits per heavy atom. The Bertz CT molecular complexity index is 561. The summed E-state index contributed by atoms with van der Waals surface area (Å²) in [7, 11) is 1.52. The monoisotopic (exact) mass is 247 g/mol. The van der Waals surface area contributed by atoms with E-state index in [1.165, 1.54) is 38.5 Å². The lowest BCUT2D eigenvalue weighted by atomic mass is 10.1. The number of methoxy groups -OCH3 is 1. The summed E-state index contributed by atoms with van der Waals surface area (Å²) in [5.74, 6) is 1.57. The summed E-state index contributed by atoms with van der Waals surface area (Å²) in [6.07, 6.45) is 4.88. The van der Waals surface area contributed by atoms with E-state index in [0.29, 0.717) is 11.5 Å². The van der Waals surface area contributed by atoms with E-state index in [-0.39, 0.29) is 5.82 Å². The fraction of sp³-hybridized carbons (Fsp3) is 0.357. The van der Waals surface area contributed by atoms with Crippen molar-refractivity contribution in [1.29, 1.82) is 0 Å². The van der Waals surface area contributed by atoms with Crippen molar-refractivity contribution in [3.8, 4) is 17.1 Å². The van der Waals surface area contributed by atoms with Gasteiger partial charge in [-0.05, 0) is 37.3 Å². The highest BCUT2D eigenvalue weighted by molar-refractivity contribution is 5.67. The fourth-order valence-electron chi connectivity index (χ4n) is 2.08. The van der Waals surface area contributed by atoms with Gasteiger partial charge in [0.05, 0.1) is 18.4 Å². The van der Waals surface area contributed by atoms with Crippen LogP contribution in [0.1, 0.15) is 18.5 Å². The van der Waals surface area contributed by atoms with Crippen molar-refractivity contribution in [2.24, 2.45) is 5.92 Å². The van der Waals surface area contributed by atoms with E-state index in [9.17, 15) is 4.39 Å². The molecule has 0 N–H and O–H groups in total. The molecule has 1 aromatic carbocycles. The Morgan fingerprint density at radius 1 is 1.44 bits per heavy atom. The number of hydrogen-bond donors (Lipinski definition) is 0. The third kappa shape index (κ3) is 2.10. The minimum absolute atomic E-state index is 0.321. The van der Waals surface area contributed by atoms with Gasteiger partial charge in [-0.15, -0.1) is 0 Å². The van der Waals surface area contributed by atoms with Gasteiger partial charge in [0.15, 0.2) is 12.2 Å². The van der Waals surface area contributed by atoms with Crippen molar-refractivity contribution in [1.82, 2.24) is 4.98 Å². The average molecular weight is 247 g/mol. The maximum atomic E-state index is 13.2. The van der Waals surface area contributed by atoms with Gasteiger partial charge in [-0.25, -0.2) is 9.37 Å². The molecule has 1 aliphatic carbocycles. The molecule has 0 aliphatic heterocycles. The van der Waals surface area contributed by atoms with Crippen molar-refractivity contribution in [3.05, 3.63) is 36.1 Å². The second kappa shape index (κ2) is 4.44. The molecular weight excluding hydrogens is 233 g/mol. The number of halogens is 1. The Kier molecular flexibility index (Phi) is 2.78. The van der Waals surface area contributed by atoms with Crippen LogP contribution in [-0.2, 0) is 6.42 Å². The Labute approximate surface area is 105 Å². The van der Waals surface area contributed by atoms with Crippen LogP contribution in [0.15, 0.2) is 29.0 Å². The van der Waals surface area contributed by atoms with Gasteiger partial charge >= 0.3 is 0 Å². The molecule has 3 rings (SSSR count). The SMILES string of the molecule is COc1cc(F)ccc1-c1ocnc1CC1CC1. The van der Waals surface area contributed by atoms with Crippen LogP contribution in [0.25, 0.3) is 11.3 Å². The van der Waals surface area contributed by atoms with Gasteiger partial charge in [-0.2, -0.15) is 0 Å². The molecule has 1 heterocycles. The quantitative estimate of drug-likeness (QED) is 0.830. The molecule has 2 aromatic rings. The second-order valence-corrected chi connectivity index (χ2v) is 4.62. The van der Waals surface area contributed by atoms with Crippen molar-refractivity contribution >= 4 is 0 Å². The van der Waals surface area contributed by atoms with Crippen LogP contribution in [0.3, 0.4) is 0 Å². The molecule has 1 aromatic heterocycles. The molecule has 0 atom stereocenters. The van der Waals surface area contributed by atoms with Crippen LogP contribution >= 0.6 is 0 Å². The van der Waals surface area contributed by atoms with E-state index < -0.39 is 0 Å². The van der Waals surface area contributed by atoms with Gasteiger partial charge in [0.2, 0.25) is 0 Å². The topological polar surface area (TPSA) is 35.3 Å². The average Bonchev–Trinajstić information content (AvgIpc) is 3.07. The van der Waals surface area contributed by atoms with E-state index in [2.05, 4.69) is 4.98 Å². The first-order chi connectivity index (χ1) is 8.78. The van der Waals surface area contributed by atoms with Crippen LogP contribution in [0.2, 0.25) is 0 Å². The molecule has 0 spiro atoms. The lowest BCUT2D eigenvalue weighted by Gasteiger charge is -2.07. The van der Waals surface area contributed by atoms with Gasteiger partial charge in [-0.1, -0.05) is 0 Å². The zero-order valence-corrected chi connectivity index (χ0v) is 10.1. The first-order valence-electron chi connectivity index (χ1n) is 6.04. The summed E-state index contributed by atoms with van der Waals surface area (Å²) in [5, 5.41) is 0. The summed E-state index contributed by atoms with van der Waals surface area (Å²) in [6, 6.07) is 4.44. The molecule has 0 saturated heterocycles. The van der Waals surface area contributed by atoms with Crippen molar-refractivity contribution in [2.75, 3.05) is 7.11 Å². The first-order valence-corrected chi connectivity index (χ1v) is 6.04. The van der Waals surface area contributed by atoms with Crippen molar-refractivity contribution in [3.63, 3.8) is 0 Å². The number of oxazole rings is 1. The van der Waals surface area contributed by atoms with E-state index in [1.54, 1.807) is 6.07 Å². The number of benzene rings is 1. The Morgan fingerprint density at radius 3 is 3.00 bits per heavy atom. The predicted molar refractivity (Wildman–Crippen MR) is 64.9 cm³/mol. The van der Waals surface area contributed by atoms with Gasteiger partial charge in [-0.3, -0.25) is 0 Å². The molecule has 18 heavy (non-hydrogen) atoms. The minimum atomic E-state index is -0.321. The maximum Gasteiger partial charge on any atom is 0.181 e. The number of nitrogens with zero attached hydrogens (tertiary/aromatic N) is 1. The minimum Gasteiger partial charge on any atom is -0.496 e. The highest BCUT2D eigenvalue weighted by atomic mass is 19.1. The van der Waals surface area contributed by atoms with Crippen LogP contribution in [0.5, 0.6) is 5.75 Å². The second-order valence-electron chi connectivity index (χ2n) is 4.62. The zero-order valence-electron chi connectivity index (χ0n) is 10.1. The molecule has 3 nitrogen and oxygen atoms in total. The molecule has 0 amide bonds. The number of ether oxygens (including phenoxy) is 1. The molecule has 1 saturated carbocycles. The molecule has 1 aliphatic rings. The van der Waals surface area contributed by atoms with Crippen LogP contribution in [0, 0.1) is 11.7 Å². The third-order valence-electron chi connectivity index (χ3n) is 3.23. The zero-order chi connectivity index (χ0) is 12.5. The standard InChI is InChI=1S/C14H14FNO2/c1-17-13-7-10(15)4-5-11(13)14-12(16-8-18-14)6-9-2-3-9/h4-5,7-9H,2-3,6H2,1H3. The lowest BCUT2D eigenvalue weighted by Crippen LogP contribution is -1.93. The highest BCUT2D eigenvalue weighted by Crippen LogP contribution is 2.37. The number of hydrogen-bond acceptors (Lipinski definition) is 3. The predicted octanol–water partition coefficient (Wildman–Crippen LogP) is 3.44. The normalized spacial score (nSPS) is 14.8. The lowest BCUT2D eigenvalue weighted by molar-refractivity contribution is 0.411. The molecule has 0 radical (unpaired) electrons. The fourth-order valence-corrected chi connectivity index (χ4v) is 2.08. The summed E-state index contributed by atoms with van der Waals surface area (Å²) in [5.41, 5.74) is 1.69. The third-order valence-corrected chi connectivity index (χ3v) is 3.23.